The number of halogens is 5. The van der Waals surface area contributed by atoms with E-state index in [1.54, 1.807) is 0 Å². The molecule has 1 aromatic heterocycles. The second kappa shape index (κ2) is 10.8. The van der Waals surface area contributed by atoms with Crippen molar-refractivity contribution in [1.82, 2.24) is 4.57 Å². The van der Waals surface area contributed by atoms with Gasteiger partial charge in [-0.25, -0.2) is 13.7 Å². The smallest absolute Gasteiger partial charge is 0.325 e. The van der Waals surface area contributed by atoms with E-state index in [0.29, 0.717) is 15.3 Å². The van der Waals surface area contributed by atoms with Crippen LogP contribution in [0.5, 0.6) is 0 Å². The van der Waals surface area contributed by atoms with Gasteiger partial charge in [0.25, 0.3) is 0 Å². The molecule has 2 aliphatic rings. The van der Waals surface area contributed by atoms with Crippen LogP contribution in [0.2, 0.25) is 0 Å². The number of carbonyl (C=O) groups excluding carboxylic acids is 3. The van der Waals surface area contributed by atoms with Crippen LogP contribution in [0.15, 0.2) is 82.6 Å². The monoisotopic (exact) mass is 631 g/mol. The van der Waals surface area contributed by atoms with E-state index in [4.69, 9.17) is 0 Å². The minimum atomic E-state index is -4.71. The largest absolute Gasteiger partial charge is 0.416 e. The van der Waals surface area contributed by atoms with Crippen LogP contribution >= 0.6 is 23.1 Å². The van der Waals surface area contributed by atoms with Crippen molar-refractivity contribution in [3.63, 3.8) is 0 Å². The summed E-state index contributed by atoms with van der Waals surface area (Å²) in [6, 6.07) is 14.0. The van der Waals surface area contributed by atoms with Crippen LogP contribution in [0.4, 0.5) is 33.3 Å². The number of nitrogens with zero attached hydrogens (tertiary/aromatic N) is 2. The second-order valence-electron chi connectivity index (χ2n) is 9.83. The van der Waals surface area contributed by atoms with Gasteiger partial charge >= 0.3 is 11.0 Å². The average molecular weight is 632 g/mol. The number of thiazole rings is 1. The van der Waals surface area contributed by atoms with Crippen LogP contribution < -0.4 is 15.1 Å². The van der Waals surface area contributed by atoms with Crippen molar-refractivity contribution in [2.45, 2.75) is 28.9 Å². The predicted molar refractivity (Wildman–Crippen MR) is 149 cm³/mol. The molecule has 1 N–H and O–H groups in total. The molecule has 7 nitrogen and oxygen atoms in total. The van der Waals surface area contributed by atoms with Gasteiger partial charge < -0.3 is 5.32 Å². The summed E-state index contributed by atoms with van der Waals surface area (Å²) in [4.78, 5) is 54.1. The quantitative estimate of drug-likeness (QED) is 0.228. The van der Waals surface area contributed by atoms with E-state index in [9.17, 15) is 41.1 Å². The van der Waals surface area contributed by atoms with Gasteiger partial charge in [-0.15, -0.1) is 0 Å². The Kier molecular flexibility index (Phi) is 7.21. The maximum Gasteiger partial charge on any atom is 0.416 e. The van der Waals surface area contributed by atoms with Gasteiger partial charge in [-0.3, -0.25) is 23.7 Å². The Bertz CT molecular complexity index is 1820. The number of imide groups is 1. The number of thioether (sulfide) groups is 1. The Morgan fingerprint density at radius 1 is 0.884 bits per heavy atom. The molecule has 14 heteroatoms. The zero-order valence-electron chi connectivity index (χ0n) is 21.6. The lowest BCUT2D eigenvalue weighted by atomic mass is 9.83. The molecule has 3 heterocycles. The summed E-state index contributed by atoms with van der Waals surface area (Å²) in [6.45, 7) is -0.470. The lowest BCUT2D eigenvalue weighted by Gasteiger charge is -2.30. The van der Waals surface area contributed by atoms with Crippen LogP contribution in [-0.2, 0) is 27.1 Å². The van der Waals surface area contributed by atoms with Crippen LogP contribution in [-0.4, -0.2) is 27.5 Å². The summed E-state index contributed by atoms with van der Waals surface area (Å²) in [5, 5.41) is 1.66. The molecule has 3 aromatic carbocycles. The summed E-state index contributed by atoms with van der Waals surface area (Å²) in [5.41, 5.74) is -0.594. The Morgan fingerprint density at radius 3 is 2.19 bits per heavy atom. The third kappa shape index (κ3) is 5.25. The van der Waals surface area contributed by atoms with Crippen molar-refractivity contribution in [2.24, 2.45) is 5.92 Å². The number of anilines is 2. The van der Waals surface area contributed by atoms with Gasteiger partial charge in [0.15, 0.2) is 0 Å². The zero-order valence-corrected chi connectivity index (χ0v) is 23.2. The number of hydrogen-bond acceptors (Lipinski definition) is 6. The molecular weight excluding hydrogens is 613 g/mol. The summed E-state index contributed by atoms with van der Waals surface area (Å²) in [5.74, 6) is -5.27. The van der Waals surface area contributed by atoms with Crippen molar-refractivity contribution in [3.05, 3.63) is 110 Å². The van der Waals surface area contributed by atoms with Crippen molar-refractivity contribution >= 4 is 52.2 Å². The number of alkyl halides is 3. The van der Waals surface area contributed by atoms with E-state index < -0.39 is 69.6 Å². The van der Waals surface area contributed by atoms with E-state index >= 15 is 0 Å². The molecule has 0 aliphatic carbocycles. The van der Waals surface area contributed by atoms with Gasteiger partial charge in [-0.2, -0.15) is 13.2 Å². The highest BCUT2D eigenvalue weighted by atomic mass is 32.2. The number of fused-ring (bicyclic) bond motifs is 2. The Labute approximate surface area is 247 Å². The molecule has 0 saturated carbocycles. The normalized spacial score (nSPS) is 19.7. The molecule has 0 radical (unpaired) electrons. The first-order chi connectivity index (χ1) is 20.4. The van der Waals surface area contributed by atoms with E-state index in [-0.39, 0.29) is 16.4 Å². The van der Waals surface area contributed by atoms with E-state index in [0.717, 1.165) is 70.1 Å². The second-order valence-corrected chi connectivity index (χ2v) is 12.0. The Balaban J connectivity index is 1.40. The number of aromatic nitrogens is 1. The molecule has 0 bridgehead atoms. The summed E-state index contributed by atoms with van der Waals surface area (Å²) >= 11 is 1.64. The fourth-order valence-corrected chi connectivity index (χ4v) is 8.01. The summed E-state index contributed by atoms with van der Waals surface area (Å²) in [6.07, 6.45) is -4.71. The minimum Gasteiger partial charge on any atom is -0.325 e. The molecule has 3 amide bonds. The number of nitrogens with one attached hydrogen (secondary N) is 1. The van der Waals surface area contributed by atoms with E-state index in [2.05, 4.69) is 5.32 Å². The van der Waals surface area contributed by atoms with Crippen molar-refractivity contribution in [1.29, 1.82) is 0 Å². The van der Waals surface area contributed by atoms with Gasteiger partial charge in [0, 0.05) is 16.5 Å². The molecule has 220 valence electrons. The Hall–Kier alpha value is -4.30. The molecule has 1 fully saturated rings. The van der Waals surface area contributed by atoms with Crippen LogP contribution in [0.3, 0.4) is 0 Å². The fraction of sp³-hybridized carbons (Fsp3) is 0.172. The molecule has 1 saturated heterocycles. The van der Waals surface area contributed by atoms with Gasteiger partial charge in [-0.05, 0) is 60.2 Å². The van der Waals surface area contributed by atoms with Gasteiger partial charge in [-0.1, -0.05) is 41.3 Å². The highest BCUT2D eigenvalue weighted by Crippen LogP contribution is 2.54. The molecule has 43 heavy (non-hydrogen) atoms. The highest BCUT2D eigenvalue weighted by molar-refractivity contribution is 8.00. The maximum absolute atomic E-state index is 13.8. The third-order valence-electron chi connectivity index (χ3n) is 7.14. The molecule has 6 rings (SSSR count). The number of benzene rings is 3. The van der Waals surface area contributed by atoms with Gasteiger partial charge in [0.05, 0.1) is 22.2 Å². The first-order valence-corrected chi connectivity index (χ1v) is 14.4. The lowest BCUT2D eigenvalue weighted by Crippen LogP contribution is -2.33. The Morgan fingerprint density at radius 2 is 1.53 bits per heavy atom. The summed E-state index contributed by atoms with van der Waals surface area (Å²) < 4.78 is 68.6. The predicted octanol–water partition coefficient (Wildman–Crippen LogP) is 5.64. The van der Waals surface area contributed by atoms with Crippen LogP contribution in [0.25, 0.3) is 0 Å². The maximum atomic E-state index is 13.8. The van der Waals surface area contributed by atoms with Gasteiger partial charge in [0.2, 0.25) is 17.7 Å². The SMILES string of the molecule is O=C(Cn1c2c(sc1=O)[C@@H](c1ccc(F)cc1)[C@@H]1C(=O)N(c3cccc(C(F)(F)F)c3)C(=O)[C@@H]1S2)Nc1ccc(F)cc1. The molecule has 3 atom stereocenters. The summed E-state index contributed by atoms with van der Waals surface area (Å²) in [7, 11) is 0. The zero-order chi connectivity index (χ0) is 30.6. The van der Waals surface area contributed by atoms with Crippen LogP contribution in [0.1, 0.15) is 21.9 Å². The molecule has 0 unspecified atom stereocenters. The van der Waals surface area contributed by atoms with E-state index in [1.165, 1.54) is 30.3 Å². The molecule has 0 spiro atoms. The molecule has 2 aliphatic heterocycles. The van der Waals surface area contributed by atoms with Gasteiger partial charge in [0.1, 0.15) is 23.4 Å². The number of rotatable bonds is 5. The first kappa shape index (κ1) is 28.8. The van der Waals surface area contributed by atoms with E-state index in [1.807, 2.05) is 0 Å². The van der Waals surface area contributed by atoms with Crippen molar-refractivity contribution in [2.75, 3.05) is 10.2 Å². The highest BCUT2D eigenvalue weighted by Gasteiger charge is 2.57. The number of carbonyl (C=O) groups is 3. The number of amides is 3. The minimum absolute atomic E-state index is 0.242. The third-order valence-corrected chi connectivity index (χ3v) is 9.74. The topological polar surface area (TPSA) is 88.5 Å². The average Bonchev–Trinajstić information content (AvgIpc) is 3.40. The standard InChI is InChI=1S/C29H18F5N3O4S2/c30-16-6-4-14(5-7-16)21-22-23(26(40)37(25(22)39)19-3-1-2-15(12-19)29(32,33)34)42-27-24(21)43-28(41)36(27)13-20(38)35-18-10-8-17(31)9-11-18/h1-12,21-23H,13H2,(H,35,38)/t21-,22-,23+/m0/s1. The molecule has 4 aromatic rings. The molecular formula is C29H18F5N3O4S2. The lowest BCUT2D eigenvalue weighted by molar-refractivity contribution is -0.137. The number of hydrogen-bond donors (Lipinski definition) is 1. The van der Waals surface area contributed by atoms with Crippen molar-refractivity contribution in [3.8, 4) is 0 Å². The van der Waals surface area contributed by atoms with Crippen molar-refractivity contribution < 1.29 is 36.3 Å². The van der Waals surface area contributed by atoms with Crippen LogP contribution in [0, 0.1) is 17.6 Å². The fourth-order valence-electron chi connectivity index (χ4n) is 5.24. The first-order valence-electron chi connectivity index (χ1n) is 12.7.